The van der Waals surface area contributed by atoms with Gasteiger partial charge in [-0.05, 0) is 37.5 Å². The van der Waals surface area contributed by atoms with Gasteiger partial charge in [0.2, 0.25) is 0 Å². The Kier molecular flexibility index (Phi) is 11.6. The molecule has 106 valence electrons. The summed E-state index contributed by atoms with van der Waals surface area (Å²) in [6.45, 7) is 7.81. The number of hydrogen-bond acceptors (Lipinski definition) is 4. The lowest BCUT2D eigenvalue weighted by Gasteiger charge is -2.15. The van der Waals surface area contributed by atoms with Crippen LogP contribution in [0.25, 0.3) is 0 Å². The molecule has 0 bridgehead atoms. The van der Waals surface area contributed by atoms with Crippen molar-refractivity contribution in [2.75, 3.05) is 0 Å². The number of allylic oxidation sites excluding steroid dienone is 2. The monoisotopic (exact) mass is 326 g/mol. The fraction of sp³-hybridized carbons (Fsp3) is 0.667. The van der Waals surface area contributed by atoms with Gasteiger partial charge in [-0.25, -0.2) is 0 Å². The molecule has 0 amide bonds. The van der Waals surface area contributed by atoms with Gasteiger partial charge in [-0.15, -0.1) is 0 Å². The SMILES string of the molecule is C/C=C\S(=O)C(CC)SSC(CC)S(=O)/C=C\C. The summed E-state index contributed by atoms with van der Waals surface area (Å²) in [6.07, 6.45) is 5.33. The van der Waals surface area contributed by atoms with Crippen LogP contribution in [0.5, 0.6) is 0 Å². The van der Waals surface area contributed by atoms with Crippen LogP contribution in [0.2, 0.25) is 0 Å². The first kappa shape index (κ1) is 18.5. The Balaban J connectivity index is 4.41. The molecule has 2 nitrogen and oxygen atoms in total. The summed E-state index contributed by atoms with van der Waals surface area (Å²) in [4.78, 5) is 0. The standard InChI is InChI=1S/C12H22O2S4/c1-5-9-17(13)11(7-3)15-16-12(8-4)18(14)10-6-2/h5-6,9-12H,7-8H2,1-4H3/b9-5-,10-6-. The summed E-state index contributed by atoms with van der Waals surface area (Å²) >= 11 is 0. The van der Waals surface area contributed by atoms with E-state index >= 15 is 0 Å². The Morgan fingerprint density at radius 2 is 1.22 bits per heavy atom. The molecule has 0 aliphatic heterocycles. The van der Waals surface area contributed by atoms with Crippen molar-refractivity contribution in [2.24, 2.45) is 0 Å². The fourth-order valence-electron chi connectivity index (χ4n) is 1.11. The van der Waals surface area contributed by atoms with Crippen molar-refractivity contribution in [1.82, 2.24) is 0 Å². The molecule has 0 aliphatic rings. The minimum absolute atomic E-state index is 0.0721. The van der Waals surface area contributed by atoms with Gasteiger partial charge in [0.15, 0.2) is 0 Å². The van der Waals surface area contributed by atoms with E-state index in [9.17, 15) is 8.42 Å². The second kappa shape index (κ2) is 11.3. The third-order valence-corrected chi connectivity index (χ3v) is 10.2. The van der Waals surface area contributed by atoms with E-state index in [0.29, 0.717) is 0 Å². The molecule has 6 heteroatoms. The largest absolute Gasteiger partial charge is 0.254 e. The first-order chi connectivity index (χ1) is 8.60. The minimum atomic E-state index is -0.949. The van der Waals surface area contributed by atoms with Crippen LogP contribution in [0.3, 0.4) is 0 Å². The van der Waals surface area contributed by atoms with Crippen LogP contribution in [0.4, 0.5) is 0 Å². The summed E-state index contributed by atoms with van der Waals surface area (Å²) in [7, 11) is 1.29. The number of rotatable bonds is 9. The van der Waals surface area contributed by atoms with Crippen LogP contribution >= 0.6 is 21.6 Å². The van der Waals surface area contributed by atoms with Gasteiger partial charge < -0.3 is 0 Å². The normalized spacial score (nSPS) is 19.1. The molecule has 0 fully saturated rings. The van der Waals surface area contributed by atoms with Gasteiger partial charge in [0.05, 0.1) is 30.8 Å². The fourth-order valence-corrected chi connectivity index (χ4v) is 7.95. The van der Waals surface area contributed by atoms with Crippen molar-refractivity contribution in [3.05, 3.63) is 23.0 Å². The zero-order valence-corrected chi connectivity index (χ0v) is 14.6. The molecule has 0 aliphatic carbocycles. The van der Waals surface area contributed by atoms with E-state index in [1.54, 1.807) is 32.4 Å². The Morgan fingerprint density at radius 1 is 0.889 bits per heavy atom. The molecule has 0 spiro atoms. The van der Waals surface area contributed by atoms with E-state index < -0.39 is 21.6 Å². The molecule has 0 aromatic heterocycles. The molecule has 0 aromatic rings. The third kappa shape index (κ3) is 7.16. The van der Waals surface area contributed by atoms with Crippen molar-refractivity contribution in [3.63, 3.8) is 0 Å². The van der Waals surface area contributed by atoms with Crippen molar-refractivity contribution >= 4 is 43.2 Å². The van der Waals surface area contributed by atoms with E-state index in [4.69, 9.17) is 0 Å². The predicted molar refractivity (Wildman–Crippen MR) is 89.3 cm³/mol. The molecule has 4 atom stereocenters. The maximum absolute atomic E-state index is 11.9. The quantitative estimate of drug-likeness (QED) is 0.588. The Labute approximate surface area is 124 Å². The lowest BCUT2D eigenvalue weighted by atomic mass is 10.6. The summed E-state index contributed by atoms with van der Waals surface area (Å²) < 4.78 is 23.9. The van der Waals surface area contributed by atoms with Crippen LogP contribution in [0.15, 0.2) is 23.0 Å². The minimum Gasteiger partial charge on any atom is -0.254 e. The molecule has 0 saturated carbocycles. The molecule has 4 unspecified atom stereocenters. The molecule has 0 heterocycles. The Hall–Kier alpha value is 0.480. The van der Waals surface area contributed by atoms with E-state index in [0.717, 1.165) is 12.8 Å². The van der Waals surface area contributed by atoms with Gasteiger partial charge in [0.25, 0.3) is 0 Å². The van der Waals surface area contributed by atoms with Crippen molar-refractivity contribution < 1.29 is 8.42 Å². The van der Waals surface area contributed by atoms with Gasteiger partial charge in [0.1, 0.15) is 0 Å². The van der Waals surface area contributed by atoms with Crippen LogP contribution in [0, 0.1) is 0 Å². The summed E-state index contributed by atoms with van der Waals surface area (Å²) in [5.41, 5.74) is 0. The highest BCUT2D eigenvalue weighted by molar-refractivity contribution is 8.79. The summed E-state index contributed by atoms with van der Waals surface area (Å²) in [5, 5.41) is 3.46. The second-order valence-corrected chi connectivity index (χ2v) is 9.73. The van der Waals surface area contributed by atoms with Crippen molar-refractivity contribution in [1.29, 1.82) is 0 Å². The summed E-state index contributed by atoms with van der Waals surface area (Å²) in [5.74, 6) is 0. The molecule has 0 rings (SSSR count). The molecule has 0 N–H and O–H groups in total. The van der Waals surface area contributed by atoms with Crippen LogP contribution < -0.4 is 0 Å². The van der Waals surface area contributed by atoms with Gasteiger partial charge in [0, 0.05) is 0 Å². The van der Waals surface area contributed by atoms with E-state index in [1.807, 2.05) is 39.8 Å². The van der Waals surface area contributed by atoms with Gasteiger partial charge in [-0.1, -0.05) is 47.6 Å². The highest BCUT2D eigenvalue weighted by Gasteiger charge is 2.19. The maximum Gasteiger partial charge on any atom is 0.0942 e. The van der Waals surface area contributed by atoms with Crippen LogP contribution in [0.1, 0.15) is 40.5 Å². The Bertz CT molecular complexity index is 294. The van der Waals surface area contributed by atoms with Crippen LogP contribution in [-0.2, 0) is 21.6 Å². The zero-order valence-electron chi connectivity index (χ0n) is 11.3. The topological polar surface area (TPSA) is 34.1 Å². The zero-order chi connectivity index (χ0) is 14.0. The maximum atomic E-state index is 11.9. The average molecular weight is 327 g/mol. The first-order valence-electron chi connectivity index (χ1n) is 5.97. The van der Waals surface area contributed by atoms with Gasteiger partial charge in [-0.3, -0.25) is 8.42 Å². The van der Waals surface area contributed by atoms with Crippen molar-refractivity contribution in [2.45, 2.75) is 49.7 Å². The second-order valence-electron chi connectivity index (χ2n) is 3.46. The lowest BCUT2D eigenvalue weighted by Crippen LogP contribution is -2.10. The smallest absolute Gasteiger partial charge is 0.0942 e. The molecule has 0 aromatic carbocycles. The number of hydrogen-bond donors (Lipinski definition) is 0. The van der Waals surface area contributed by atoms with E-state index in [-0.39, 0.29) is 9.16 Å². The summed E-state index contributed by atoms with van der Waals surface area (Å²) in [6, 6.07) is 0. The Morgan fingerprint density at radius 3 is 1.44 bits per heavy atom. The third-order valence-electron chi connectivity index (χ3n) is 2.00. The van der Waals surface area contributed by atoms with Gasteiger partial charge >= 0.3 is 0 Å². The van der Waals surface area contributed by atoms with Gasteiger partial charge in [-0.2, -0.15) is 0 Å². The molecule has 0 radical (unpaired) electrons. The highest BCUT2D eigenvalue weighted by Crippen LogP contribution is 2.37. The lowest BCUT2D eigenvalue weighted by molar-refractivity contribution is 0.684. The molecular weight excluding hydrogens is 304 g/mol. The van der Waals surface area contributed by atoms with Crippen LogP contribution in [-0.4, -0.2) is 17.6 Å². The highest BCUT2D eigenvalue weighted by atomic mass is 33.1. The van der Waals surface area contributed by atoms with E-state index in [1.165, 1.54) is 0 Å². The molecular formula is C12H22O2S4. The first-order valence-corrected chi connectivity index (χ1v) is 10.8. The predicted octanol–water partition coefficient (Wildman–Crippen LogP) is 4.40. The van der Waals surface area contributed by atoms with E-state index in [2.05, 4.69) is 0 Å². The van der Waals surface area contributed by atoms with Crippen molar-refractivity contribution in [3.8, 4) is 0 Å². The molecule has 0 saturated heterocycles. The average Bonchev–Trinajstić information content (AvgIpc) is 2.35. The molecule has 18 heavy (non-hydrogen) atoms.